The van der Waals surface area contributed by atoms with Crippen LogP contribution in [0.1, 0.15) is 52.4 Å². The van der Waals surface area contributed by atoms with E-state index in [2.05, 4.69) is 17.5 Å². The maximum absolute atomic E-state index is 13.4. The zero-order valence-electron chi connectivity index (χ0n) is 17.5. The number of rotatable bonds is 4. The number of fused-ring (bicyclic) bond motifs is 3. The molecule has 1 aliphatic carbocycles. The number of carbonyl (C=O) groups excluding carboxylic acids is 2. The fourth-order valence-electron chi connectivity index (χ4n) is 4.83. The Morgan fingerprint density at radius 1 is 1.03 bits per heavy atom. The molecule has 4 nitrogen and oxygen atoms in total. The van der Waals surface area contributed by atoms with E-state index in [0.29, 0.717) is 27.8 Å². The van der Waals surface area contributed by atoms with Crippen LogP contribution in [0, 0.1) is 5.92 Å². The van der Waals surface area contributed by atoms with E-state index < -0.39 is 0 Å². The Morgan fingerprint density at radius 2 is 1.78 bits per heavy atom. The van der Waals surface area contributed by atoms with Crippen LogP contribution in [0.2, 0.25) is 5.02 Å². The molecular formula is C27H22ClNO3. The van der Waals surface area contributed by atoms with Crippen molar-refractivity contribution in [2.45, 2.75) is 25.3 Å². The Balaban J connectivity index is 1.57. The van der Waals surface area contributed by atoms with Crippen molar-refractivity contribution in [2.75, 3.05) is 5.32 Å². The molecule has 0 fully saturated rings. The Labute approximate surface area is 191 Å². The summed E-state index contributed by atoms with van der Waals surface area (Å²) in [5.41, 5.74) is 4.19. The predicted molar refractivity (Wildman–Crippen MR) is 125 cm³/mol. The molecule has 0 radical (unpaired) electrons. The average molecular weight is 444 g/mol. The number of benzene rings is 3. The number of ketones is 1. The van der Waals surface area contributed by atoms with Crippen molar-refractivity contribution < 1.29 is 14.3 Å². The van der Waals surface area contributed by atoms with Gasteiger partial charge in [-0.3, -0.25) is 9.59 Å². The molecule has 0 bridgehead atoms. The van der Waals surface area contributed by atoms with Gasteiger partial charge in [0.2, 0.25) is 0 Å². The summed E-state index contributed by atoms with van der Waals surface area (Å²) in [5.74, 6) is 0.598. The van der Waals surface area contributed by atoms with Gasteiger partial charge < -0.3 is 10.1 Å². The molecule has 5 rings (SSSR count). The molecule has 3 atom stereocenters. The minimum Gasteiger partial charge on any atom is -0.427 e. The third-order valence-corrected chi connectivity index (χ3v) is 6.43. The number of nitrogens with one attached hydrogen (secondary N) is 1. The lowest BCUT2D eigenvalue weighted by atomic mass is 9.76. The fourth-order valence-corrected chi connectivity index (χ4v) is 5.05. The number of halogens is 1. The Bertz CT molecular complexity index is 1220. The van der Waals surface area contributed by atoms with Gasteiger partial charge in [-0.15, -0.1) is 0 Å². The quantitative estimate of drug-likeness (QED) is 0.222. The maximum Gasteiger partial charge on any atom is 0.308 e. The van der Waals surface area contributed by atoms with Crippen LogP contribution < -0.4 is 10.1 Å². The minimum atomic E-state index is -0.344. The highest BCUT2D eigenvalue weighted by molar-refractivity contribution is 6.31. The summed E-state index contributed by atoms with van der Waals surface area (Å²) >= 11 is 6.47. The third-order valence-electron chi connectivity index (χ3n) is 6.22. The second-order valence-electron chi connectivity index (χ2n) is 8.25. The van der Waals surface area contributed by atoms with Crippen LogP contribution in [0.25, 0.3) is 0 Å². The molecule has 0 saturated heterocycles. The van der Waals surface area contributed by atoms with E-state index in [0.717, 1.165) is 23.2 Å². The van der Waals surface area contributed by atoms with Gasteiger partial charge in [-0.1, -0.05) is 66.2 Å². The summed E-state index contributed by atoms with van der Waals surface area (Å²) in [4.78, 5) is 24.6. The summed E-state index contributed by atoms with van der Waals surface area (Å²) in [6.45, 7) is 1.39. The smallest absolute Gasteiger partial charge is 0.308 e. The molecule has 0 saturated carbocycles. The molecule has 1 N–H and O–H groups in total. The van der Waals surface area contributed by atoms with Gasteiger partial charge in [0, 0.05) is 34.7 Å². The first kappa shape index (κ1) is 20.5. The van der Waals surface area contributed by atoms with Gasteiger partial charge in [-0.2, -0.15) is 0 Å². The van der Waals surface area contributed by atoms with E-state index >= 15 is 0 Å². The molecule has 0 aromatic heterocycles. The van der Waals surface area contributed by atoms with Crippen LogP contribution in [0.3, 0.4) is 0 Å². The van der Waals surface area contributed by atoms with Crippen molar-refractivity contribution in [1.82, 2.24) is 0 Å². The zero-order chi connectivity index (χ0) is 22.2. The Kier molecular flexibility index (Phi) is 5.32. The van der Waals surface area contributed by atoms with E-state index in [1.807, 2.05) is 60.7 Å². The van der Waals surface area contributed by atoms with E-state index in [1.165, 1.54) is 6.92 Å². The number of carbonyl (C=O) groups is 2. The first-order valence-electron chi connectivity index (χ1n) is 10.7. The maximum atomic E-state index is 13.4. The molecule has 1 heterocycles. The highest BCUT2D eigenvalue weighted by Gasteiger charge is 2.39. The van der Waals surface area contributed by atoms with Crippen molar-refractivity contribution in [3.05, 3.63) is 106 Å². The van der Waals surface area contributed by atoms with Crippen molar-refractivity contribution in [3.8, 4) is 5.75 Å². The molecule has 2 aliphatic rings. The lowest BCUT2D eigenvalue weighted by Crippen LogP contribution is -2.30. The first-order valence-corrected chi connectivity index (χ1v) is 11.0. The molecule has 5 heteroatoms. The lowest BCUT2D eigenvalue weighted by Gasteiger charge is -2.38. The van der Waals surface area contributed by atoms with Gasteiger partial charge in [0.05, 0.1) is 6.04 Å². The molecule has 0 spiro atoms. The summed E-state index contributed by atoms with van der Waals surface area (Å²) in [5, 5.41) is 4.23. The number of hydrogen-bond acceptors (Lipinski definition) is 4. The van der Waals surface area contributed by atoms with Gasteiger partial charge >= 0.3 is 5.97 Å². The second kappa shape index (κ2) is 8.29. The van der Waals surface area contributed by atoms with Crippen LogP contribution in [0.15, 0.2) is 78.9 Å². The largest absolute Gasteiger partial charge is 0.427 e. The number of ether oxygens (including phenoxy) is 1. The monoisotopic (exact) mass is 443 g/mol. The first-order chi connectivity index (χ1) is 15.5. The van der Waals surface area contributed by atoms with Crippen LogP contribution in [0.5, 0.6) is 5.75 Å². The standard InChI is InChI=1S/C27H22ClNO3/c1-16(30)32-20-12-10-17(11-13-20)25-22-9-5-8-21(22)23-14-19(28)15-24(26(23)29-25)27(31)18-6-3-2-4-7-18/h2-8,10-15,21-22,25,29H,9H2,1H3/t21-,22-,25-/m0/s1. The highest BCUT2D eigenvalue weighted by Crippen LogP contribution is 2.51. The van der Waals surface area contributed by atoms with Crippen molar-refractivity contribution in [2.24, 2.45) is 5.92 Å². The van der Waals surface area contributed by atoms with Gasteiger partial charge in [0.15, 0.2) is 5.78 Å². The van der Waals surface area contributed by atoms with E-state index in [1.54, 1.807) is 6.07 Å². The summed E-state index contributed by atoms with van der Waals surface area (Å²) in [6.07, 6.45) is 5.35. The fraction of sp³-hybridized carbons (Fsp3) is 0.185. The Morgan fingerprint density at radius 3 is 2.50 bits per heavy atom. The molecule has 3 aromatic carbocycles. The lowest BCUT2D eigenvalue weighted by molar-refractivity contribution is -0.131. The van der Waals surface area contributed by atoms with Gasteiger partial charge in [0.25, 0.3) is 0 Å². The van der Waals surface area contributed by atoms with E-state index in [4.69, 9.17) is 16.3 Å². The minimum absolute atomic E-state index is 0.0115. The average Bonchev–Trinajstić information content (AvgIpc) is 3.29. The normalized spacial score (nSPS) is 20.8. The third kappa shape index (κ3) is 3.71. The Hall–Kier alpha value is -3.37. The van der Waals surface area contributed by atoms with Crippen molar-refractivity contribution >= 4 is 29.0 Å². The molecule has 1 aliphatic heterocycles. The summed E-state index contributed by atoms with van der Waals surface area (Å²) < 4.78 is 5.18. The molecule has 0 amide bonds. The number of esters is 1. The molecule has 0 unspecified atom stereocenters. The zero-order valence-corrected chi connectivity index (χ0v) is 18.3. The van der Waals surface area contributed by atoms with E-state index in [9.17, 15) is 9.59 Å². The summed E-state index contributed by atoms with van der Waals surface area (Å²) in [6, 6.07) is 20.6. The number of allylic oxidation sites excluding steroid dienone is 2. The van der Waals surface area contributed by atoms with Gasteiger partial charge in [0.1, 0.15) is 5.75 Å². The number of anilines is 1. The molecule has 3 aromatic rings. The van der Waals surface area contributed by atoms with Gasteiger partial charge in [-0.25, -0.2) is 0 Å². The molecular weight excluding hydrogens is 422 g/mol. The van der Waals surface area contributed by atoms with E-state index in [-0.39, 0.29) is 23.7 Å². The second-order valence-corrected chi connectivity index (χ2v) is 8.69. The SMILES string of the molecule is CC(=O)Oc1ccc([C@@H]2Nc3c(C(=O)c4ccccc4)cc(Cl)cc3[C@H]3C=CC[C@@H]32)cc1. The van der Waals surface area contributed by atoms with Crippen LogP contribution in [-0.4, -0.2) is 11.8 Å². The van der Waals surface area contributed by atoms with Crippen LogP contribution in [-0.2, 0) is 4.79 Å². The van der Waals surface area contributed by atoms with Crippen molar-refractivity contribution in [3.63, 3.8) is 0 Å². The summed E-state index contributed by atoms with van der Waals surface area (Å²) in [7, 11) is 0. The predicted octanol–water partition coefficient (Wildman–Crippen LogP) is 6.32. The highest BCUT2D eigenvalue weighted by atomic mass is 35.5. The van der Waals surface area contributed by atoms with Gasteiger partial charge in [-0.05, 0) is 47.7 Å². The topological polar surface area (TPSA) is 55.4 Å². The molecule has 32 heavy (non-hydrogen) atoms. The number of hydrogen-bond donors (Lipinski definition) is 1. The van der Waals surface area contributed by atoms with Crippen LogP contribution in [0.4, 0.5) is 5.69 Å². The molecule has 160 valence electrons. The van der Waals surface area contributed by atoms with Crippen molar-refractivity contribution in [1.29, 1.82) is 0 Å². The van der Waals surface area contributed by atoms with Crippen LogP contribution >= 0.6 is 11.6 Å².